The number of nitrogens with zero attached hydrogens (tertiary/aromatic N) is 2. The van der Waals surface area contributed by atoms with Crippen molar-refractivity contribution in [3.8, 4) is 0 Å². The molecule has 2 aliphatic carbocycles. The van der Waals surface area contributed by atoms with Gasteiger partial charge in [0.05, 0.1) is 6.20 Å². The molecule has 76 valence electrons. The van der Waals surface area contributed by atoms with E-state index in [1.807, 2.05) is 4.68 Å². The van der Waals surface area contributed by atoms with E-state index in [0.29, 0.717) is 11.5 Å². The molecule has 1 spiro atoms. The van der Waals surface area contributed by atoms with Crippen LogP contribution in [-0.4, -0.2) is 16.8 Å². The molecule has 0 aromatic carbocycles. The maximum absolute atomic E-state index is 4.37. The fourth-order valence-electron chi connectivity index (χ4n) is 3.03. The highest BCUT2D eigenvalue weighted by molar-refractivity contribution is 5.30. The number of rotatable bonds is 1. The van der Waals surface area contributed by atoms with Crippen molar-refractivity contribution in [3.05, 3.63) is 17.5 Å². The molecule has 0 aliphatic heterocycles. The van der Waals surface area contributed by atoms with E-state index in [4.69, 9.17) is 0 Å². The predicted molar refractivity (Wildman–Crippen MR) is 55.0 cm³/mol. The van der Waals surface area contributed by atoms with Crippen molar-refractivity contribution in [1.82, 2.24) is 15.1 Å². The van der Waals surface area contributed by atoms with Crippen LogP contribution in [0.1, 0.15) is 36.6 Å². The van der Waals surface area contributed by atoms with Crippen LogP contribution in [0.4, 0.5) is 0 Å². The number of hydrogen-bond donors (Lipinski definition) is 1. The largest absolute Gasteiger partial charge is 0.312 e. The van der Waals surface area contributed by atoms with Gasteiger partial charge in [-0.15, -0.1) is 0 Å². The molecule has 1 aromatic rings. The standard InChI is InChI=1S/C11H17N3/c1-12-10-8-7-13-14(2)9(8)3-4-11(10)5-6-11/h7,10,12H,3-6H2,1-2H3. The topological polar surface area (TPSA) is 29.9 Å². The molecule has 1 fully saturated rings. The molecule has 3 nitrogen and oxygen atoms in total. The molecule has 1 unspecified atom stereocenters. The zero-order chi connectivity index (χ0) is 9.76. The second kappa shape index (κ2) is 2.60. The molecular weight excluding hydrogens is 174 g/mol. The third-order valence-corrected chi connectivity index (χ3v) is 4.06. The van der Waals surface area contributed by atoms with E-state index in [1.54, 1.807) is 0 Å². The van der Waals surface area contributed by atoms with Gasteiger partial charge in [0.2, 0.25) is 0 Å². The van der Waals surface area contributed by atoms with Gasteiger partial charge in [0, 0.05) is 24.3 Å². The minimum absolute atomic E-state index is 0.556. The summed E-state index contributed by atoms with van der Waals surface area (Å²) in [5.41, 5.74) is 3.46. The van der Waals surface area contributed by atoms with Gasteiger partial charge in [-0.25, -0.2) is 0 Å². The van der Waals surface area contributed by atoms with Gasteiger partial charge in [0.1, 0.15) is 0 Å². The lowest BCUT2D eigenvalue weighted by Crippen LogP contribution is -2.31. The minimum atomic E-state index is 0.556. The molecule has 14 heavy (non-hydrogen) atoms. The van der Waals surface area contributed by atoms with Crippen LogP contribution in [0.2, 0.25) is 0 Å². The van der Waals surface area contributed by atoms with Crippen LogP contribution in [0.15, 0.2) is 6.20 Å². The molecule has 3 rings (SSSR count). The Morgan fingerprint density at radius 1 is 1.50 bits per heavy atom. The number of aromatic nitrogens is 2. The first-order chi connectivity index (χ1) is 6.77. The number of aryl methyl sites for hydroxylation is 1. The smallest absolute Gasteiger partial charge is 0.0540 e. The molecule has 2 aliphatic rings. The molecule has 0 amide bonds. The van der Waals surface area contributed by atoms with Crippen LogP contribution in [-0.2, 0) is 13.5 Å². The van der Waals surface area contributed by atoms with E-state index in [-0.39, 0.29) is 0 Å². The third-order valence-electron chi connectivity index (χ3n) is 4.06. The van der Waals surface area contributed by atoms with Crippen LogP contribution >= 0.6 is 0 Å². The van der Waals surface area contributed by atoms with Crippen LogP contribution in [0.5, 0.6) is 0 Å². The van der Waals surface area contributed by atoms with Gasteiger partial charge in [-0.3, -0.25) is 4.68 Å². The van der Waals surface area contributed by atoms with Gasteiger partial charge in [0.25, 0.3) is 0 Å². The SMILES string of the molecule is CNC1c2cnn(C)c2CCC12CC2. The molecule has 1 heterocycles. The monoisotopic (exact) mass is 191 g/mol. The second-order valence-electron chi connectivity index (χ2n) is 4.75. The number of fused-ring (bicyclic) bond motifs is 1. The van der Waals surface area contributed by atoms with Crippen molar-refractivity contribution < 1.29 is 0 Å². The number of nitrogens with one attached hydrogen (secondary N) is 1. The third kappa shape index (κ3) is 0.934. The van der Waals surface area contributed by atoms with E-state index in [0.717, 1.165) is 0 Å². The zero-order valence-corrected chi connectivity index (χ0v) is 8.88. The van der Waals surface area contributed by atoms with Crippen LogP contribution < -0.4 is 5.32 Å². The first-order valence-electron chi connectivity index (χ1n) is 5.45. The zero-order valence-electron chi connectivity index (χ0n) is 8.88. The van der Waals surface area contributed by atoms with Gasteiger partial charge in [-0.05, 0) is 38.1 Å². The Morgan fingerprint density at radius 3 is 2.93 bits per heavy atom. The summed E-state index contributed by atoms with van der Waals surface area (Å²) in [6.07, 6.45) is 7.39. The van der Waals surface area contributed by atoms with Crippen LogP contribution in [0.25, 0.3) is 0 Å². The molecule has 3 heteroatoms. The predicted octanol–water partition coefficient (Wildman–Crippen LogP) is 1.41. The van der Waals surface area contributed by atoms with Gasteiger partial charge in [-0.2, -0.15) is 5.10 Å². The summed E-state index contributed by atoms with van der Waals surface area (Å²) >= 11 is 0. The molecule has 0 bridgehead atoms. The fraction of sp³-hybridized carbons (Fsp3) is 0.727. The van der Waals surface area contributed by atoms with Crippen LogP contribution in [0, 0.1) is 5.41 Å². The van der Waals surface area contributed by atoms with Crippen molar-refractivity contribution in [2.45, 2.75) is 31.7 Å². The Labute approximate surface area is 84.5 Å². The lowest BCUT2D eigenvalue weighted by Gasteiger charge is -2.31. The Morgan fingerprint density at radius 2 is 2.29 bits per heavy atom. The van der Waals surface area contributed by atoms with Crippen molar-refractivity contribution in [3.63, 3.8) is 0 Å². The van der Waals surface area contributed by atoms with Gasteiger partial charge in [-0.1, -0.05) is 0 Å². The van der Waals surface area contributed by atoms with Gasteiger partial charge in [0.15, 0.2) is 0 Å². The summed E-state index contributed by atoms with van der Waals surface area (Å²) in [6.45, 7) is 0. The molecular formula is C11H17N3. The Balaban J connectivity index is 2.07. The Bertz CT molecular complexity index is 363. The first kappa shape index (κ1) is 8.48. The van der Waals surface area contributed by atoms with E-state index in [1.165, 1.54) is 36.9 Å². The molecule has 1 saturated carbocycles. The lowest BCUT2D eigenvalue weighted by atomic mass is 9.80. The highest BCUT2D eigenvalue weighted by Crippen LogP contribution is 2.60. The Hall–Kier alpha value is -0.830. The maximum Gasteiger partial charge on any atom is 0.0540 e. The van der Waals surface area contributed by atoms with E-state index in [9.17, 15) is 0 Å². The summed E-state index contributed by atoms with van der Waals surface area (Å²) in [4.78, 5) is 0. The second-order valence-corrected chi connectivity index (χ2v) is 4.75. The quantitative estimate of drug-likeness (QED) is 0.727. The highest BCUT2D eigenvalue weighted by Gasteiger charge is 2.52. The molecule has 0 radical (unpaired) electrons. The lowest BCUT2D eigenvalue weighted by molar-refractivity contribution is 0.309. The van der Waals surface area contributed by atoms with E-state index >= 15 is 0 Å². The molecule has 1 atom stereocenters. The fourth-order valence-corrected chi connectivity index (χ4v) is 3.03. The molecule has 0 saturated heterocycles. The summed E-state index contributed by atoms with van der Waals surface area (Å²) in [6, 6.07) is 0.556. The average molecular weight is 191 g/mol. The van der Waals surface area contributed by atoms with Crippen molar-refractivity contribution in [1.29, 1.82) is 0 Å². The first-order valence-corrected chi connectivity index (χ1v) is 5.45. The summed E-state index contributed by atoms with van der Waals surface area (Å²) in [7, 11) is 4.13. The van der Waals surface area contributed by atoms with Crippen molar-refractivity contribution in [2.75, 3.05) is 7.05 Å². The summed E-state index contributed by atoms with van der Waals surface area (Å²) in [5, 5.41) is 7.84. The van der Waals surface area contributed by atoms with Crippen molar-refractivity contribution in [2.24, 2.45) is 12.5 Å². The van der Waals surface area contributed by atoms with E-state index < -0.39 is 0 Å². The highest BCUT2D eigenvalue weighted by atomic mass is 15.3. The molecule has 1 N–H and O–H groups in total. The summed E-state index contributed by atoms with van der Waals surface area (Å²) < 4.78 is 2.04. The molecule has 1 aromatic heterocycles. The van der Waals surface area contributed by atoms with Gasteiger partial charge < -0.3 is 5.32 Å². The Kier molecular flexibility index (Phi) is 1.57. The minimum Gasteiger partial charge on any atom is -0.312 e. The van der Waals surface area contributed by atoms with Crippen LogP contribution in [0.3, 0.4) is 0 Å². The number of hydrogen-bond acceptors (Lipinski definition) is 2. The van der Waals surface area contributed by atoms with E-state index in [2.05, 4.69) is 30.7 Å². The summed E-state index contributed by atoms with van der Waals surface area (Å²) in [5.74, 6) is 0. The average Bonchev–Trinajstić information content (AvgIpc) is 2.85. The normalized spacial score (nSPS) is 27.7. The maximum atomic E-state index is 4.37. The van der Waals surface area contributed by atoms with Crippen molar-refractivity contribution >= 4 is 0 Å². The van der Waals surface area contributed by atoms with Gasteiger partial charge >= 0.3 is 0 Å².